The van der Waals surface area contributed by atoms with Gasteiger partial charge >= 0.3 is 0 Å². The van der Waals surface area contributed by atoms with Crippen LogP contribution in [0.25, 0.3) is 0 Å². The molecule has 1 rings (SSSR count). The standard InChI is InChI=1S/C12H21NO2S/c1-15-8-4-2-3-7-13-10-11(14)12-6-5-9-16-12/h5-6,9,11,13-14H,2-4,7-8,10H2,1H3. The van der Waals surface area contributed by atoms with Crippen LogP contribution in [0.2, 0.25) is 0 Å². The zero-order chi connectivity index (χ0) is 11.6. The van der Waals surface area contributed by atoms with Gasteiger partial charge in [-0.3, -0.25) is 0 Å². The van der Waals surface area contributed by atoms with Crippen molar-refractivity contribution in [1.82, 2.24) is 5.32 Å². The van der Waals surface area contributed by atoms with Crippen molar-refractivity contribution < 1.29 is 9.84 Å². The quantitative estimate of drug-likeness (QED) is 0.653. The lowest BCUT2D eigenvalue weighted by molar-refractivity contribution is 0.177. The number of hydrogen-bond donors (Lipinski definition) is 2. The van der Waals surface area contributed by atoms with Crippen molar-refractivity contribution in [3.05, 3.63) is 22.4 Å². The lowest BCUT2D eigenvalue weighted by Gasteiger charge is -2.09. The molecule has 0 fully saturated rings. The Labute approximate surface area is 101 Å². The predicted octanol–water partition coefficient (Wildman–Crippen LogP) is 2.19. The van der Waals surface area contributed by atoms with E-state index < -0.39 is 0 Å². The molecule has 0 radical (unpaired) electrons. The van der Waals surface area contributed by atoms with Crippen molar-refractivity contribution in [3.8, 4) is 0 Å². The van der Waals surface area contributed by atoms with Gasteiger partial charge in [-0.2, -0.15) is 0 Å². The van der Waals surface area contributed by atoms with E-state index in [1.165, 1.54) is 6.42 Å². The topological polar surface area (TPSA) is 41.5 Å². The number of rotatable bonds is 9. The summed E-state index contributed by atoms with van der Waals surface area (Å²) < 4.78 is 4.98. The van der Waals surface area contributed by atoms with Crippen molar-refractivity contribution >= 4 is 11.3 Å². The van der Waals surface area contributed by atoms with Gasteiger partial charge in [0.15, 0.2) is 0 Å². The fourth-order valence-corrected chi connectivity index (χ4v) is 2.21. The van der Waals surface area contributed by atoms with Gasteiger partial charge in [0.1, 0.15) is 6.10 Å². The Morgan fingerprint density at radius 2 is 2.31 bits per heavy atom. The Bertz CT molecular complexity index is 252. The molecular formula is C12H21NO2S. The van der Waals surface area contributed by atoms with Gasteiger partial charge in [-0.15, -0.1) is 11.3 Å². The van der Waals surface area contributed by atoms with Crippen LogP contribution in [-0.2, 0) is 4.74 Å². The Balaban J connectivity index is 1.95. The molecule has 0 aromatic carbocycles. The van der Waals surface area contributed by atoms with E-state index in [2.05, 4.69) is 5.32 Å². The van der Waals surface area contributed by atoms with Gasteiger partial charge in [0, 0.05) is 25.1 Å². The summed E-state index contributed by atoms with van der Waals surface area (Å²) in [7, 11) is 1.73. The first-order valence-electron chi connectivity index (χ1n) is 5.75. The number of methoxy groups -OCH3 is 1. The normalized spacial score (nSPS) is 12.9. The van der Waals surface area contributed by atoms with Gasteiger partial charge in [-0.05, 0) is 37.3 Å². The highest BCUT2D eigenvalue weighted by atomic mass is 32.1. The van der Waals surface area contributed by atoms with E-state index >= 15 is 0 Å². The minimum atomic E-state index is -0.362. The first-order chi connectivity index (χ1) is 7.84. The van der Waals surface area contributed by atoms with E-state index in [9.17, 15) is 5.11 Å². The molecule has 1 aromatic heterocycles. The molecule has 0 aliphatic carbocycles. The molecule has 0 aliphatic heterocycles. The molecule has 4 heteroatoms. The van der Waals surface area contributed by atoms with Crippen LogP contribution < -0.4 is 5.32 Å². The Morgan fingerprint density at radius 1 is 1.44 bits per heavy atom. The largest absolute Gasteiger partial charge is 0.386 e. The highest BCUT2D eigenvalue weighted by molar-refractivity contribution is 7.10. The Morgan fingerprint density at radius 3 is 3.00 bits per heavy atom. The van der Waals surface area contributed by atoms with E-state index in [-0.39, 0.29) is 6.10 Å². The fourth-order valence-electron chi connectivity index (χ4n) is 1.49. The zero-order valence-electron chi connectivity index (χ0n) is 9.82. The van der Waals surface area contributed by atoms with E-state index in [4.69, 9.17) is 4.74 Å². The van der Waals surface area contributed by atoms with Gasteiger partial charge in [-0.25, -0.2) is 0 Å². The van der Waals surface area contributed by atoms with E-state index in [1.54, 1.807) is 18.4 Å². The van der Waals surface area contributed by atoms with Crippen molar-refractivity contribution in [3.63, 3.8) is 0 Å². The highest BCUT2D eigenvalue weighted by Gasteiger charge is 2.06. The molecule has 0 amide bonds. The van der Waals surface area contributed by atoms with Crippen molar-refractivity contribution in [1.29, 1.82) is 0 Å². The van der Waals surface area contributed by atoms with Crippen LogP contribution in [0.15, 0.2) is 17.5 Å². The third-order valence-electron chi connectivity index (χ3n) is 2.41. The lowest BCUT2D eigenvalue weighted by Crippen LogP contribution is -2.22. The zero-order valence-corrected chi connectivity index (χ0v) is 10.6. The van der Waals surface area contributed by atoms with Crippen LogP contribution in [0.1, 0.15) is 30.2 Å². The van der Waals surface area contributed by atoms with E-state index in [1.807, 2.05) is 17.5 Å². The summed E-state index contributed by atoms with van der Waals surface area (Å²) in [6, 6.07) is 3.93. The second-order valence-electron chi connectivity index (χ2n) is 3.79. The van der Waals surface area contributed by atoms with Gasteiger partial charge in [-0.1, -0.05) is 6.07 Å². The smallest absolute Gasteiger partial charge is 0.101 e. The first-order valence-corrected chi connectivity index (χ1v) is 6.63. The maximum Gasteiger partial charge on any atom is 0.101 e. The summed E-state index contributed by atoms with van der Waals surface area (Å²) in [5.41, 5.74) is 0. The third kappa shape index (κ3) is 5.61. The molecule has 0 saturated carbocycles. The SMILES string of the molecule is COCCCCCNCC(O)c1cccs1. The number of hydrogen-bond acceptors (Lipinski definition) is 4. The monoisotopic (exact) mass is 243 g/mol. The highest BCUT2D eigenvalue weighted by Crippen LogP contribution is 2.17. The lowest BCUT2D eigenvalue weighted by atomic mass is 10.2. The number of unbranched alkanes of at least 4 members (excludes halogenated alkanes) is 2. The van der Waals surface area contributed by atoms with Gasteiger partial charge in [0.25, 0.3) is 0 Å². The minimum Gasteiger partial charge on any atom is -0.386 e. The molecule has 16 heavy (non-hydrogen) atoms. The molecule has 1 unspecified atom stereocenters. The number of aliphatic hydroxyl groups is 1. The summed E-state index contributed by atoms with van der Waals surface area (Å²) in [5, 5.41) is 15.0. The molecule has 0 bridgehead atoms. The summed E-state index contributed by atoms with van der Waals surface area (Å²) in [5.74, 6) is 0. The molecule has 2 N–H and O–H groups in total. The van der Waals surface area contributed by atoms with E-state index in [0.29, 0.717) is 6.54 Å². The van der Waals surface area contributed by atoms with Crippen molar-refractivity contribution in [2.75, 3.05) is 26.8 Å². The first kappa shape index (κ1) is 13.6. The van der Waals surface area contributed by atoms with Crippen LogP contribution >= 0.6 is 11.3 Å². The number of nitrogens with one attached hydrogen (secondary N) is 1. The summed E-state index contributed by atoms with van der Waals surface area (Å²) >= 11 is 1.60. The Kier molecular flexibility index (Phi) is 7.42. The van der Waals surface area contributed by atoms with Gasteiger partial charge in [0.2, 0.25) is 0 Å². The molecule has 3 nitrogen and oxygen atoms in total. The van der Waals surface area contributed by atoms with Crippen LogP contribution in [-0.4, -0.2) is 31.9 Å². The second kappa shape index (κ2) is 8.70. The maximum absolute atomic E-state index is 9.78. The molecule has 0 saturated heterocycles. The second-order valence-corrected chi connectivity index (χ2v) is 4.77. The van der Waals surface area contributed by atoms with E-state index in [0.717, 1.165) is 30.9 Å². The third-order valence-corrected chi connectivity index (χ3v) is 3.38. The molecule has 1 aromatic rings. The molecule has 1 atom stereocenters. The van der Waals surface area contributed by atoms with Crippen LogP contribution in [0, 0.1) is 0 Å². The minimum absolute atomic E-state index is 0.362. The average Bonchev–Trinajstić information content (AvgIpc) is 2.81. The molecule has 92 valence electrons. The van der Waals surface area contributed by atoms with Crippen LogP contribution in [0.4, 0.5) is 0 Å². The molecule has 0 spiro atoms. The van der Waals surface area contributed by atoms with Crippen molar-refractivity contribution in [2.45, 2.75) is 25.4 Å². The number of aliphatic hydroxyl groups excluding tert-OH is 1. The molecular weight excluding hydrogens is 222 g/mol. The average molecular weight is 243 g/mol. The predicted molar refractivity (Wildman–Crippen MR) is 67.9 cm³/mol. The summed E-state index contributed by atoms with van der Waals surface area (Å²) in [4.78, 5) is 1.03. The van der Waals surface area contributed by atoms with Crippen LogP contribution in [0.5, 0.6) is 0 Å². The fraction of sp³-hybridized carbons (Fsp3) is 0.667. The maximum atomic E-state index is 9.78. The number of thiophene rings is 1. The summed E-state index contributed by atoms with van der Waals surface area (Å²) in [6.07, 6.45) is 3.07. The number of ether oxygens (including phenoxy) is 1. The summed E-state index contributed by atoms with van der Waals surface area (Å²) in [6.45, 7) is 2.45. The van der Waals surface area contributed by atoms with Crippen molar-refractivity contribution in [2.24, 2.45) is 0 Å². The van der Waals surface area contributed by atoms with Gasteiger partial charge in [0.05, 0.1) is 0 Å². The van der Waals surface area contributed by atoms with Gasteiger partial charge < -0.3 is 15.2 Å². The van der Waals surface area contributed by atoms with Crippen LogP contribution in [0.3, 0.4) is 0 Å². The molecule has 1 heterocycles. The molecule has 0 aliphatic rings. The Hall–Kier alpha value is -0.420.